The number of nitrogens with zero attached hydrogens (tertiary/aromatic N) is 3. The molecule has 1 amide bonds. The topological polar surface area (TPSA) is 96.5 Å². The summed E-state index contributed by atoms with van der Waals surface area (Å²) in [6, 6.07) is 6.89. The first-order valence-electron chi connectivity index (χ1n) is 7.47. The van der Waals surface area contributed by atoms with Gasteiger partial charge in [0.1, 0.15) is 0 Å². The van der Waals surface area contributed by atoms with Crippen LogP contribution in [0.15, 0.2) is 28.8 Å². The number of aliphatic carboxylic acids is 1. The fourth-order valence-corrected chi connectivity index (χ4v) is 2.72. The second kappa shape index (κ2) is 6.20. The number of piperidine rings is 1. The number of carbonyl (C=O) groups is 2. The summed E-state index contributed by atoms with van der Waals surface area (Å²) in [5.74, 6) is -0.513. The van der Waals surface area contributed by atoms with Crippen LogP contribution in [0.2, 0.25) is 0 Å². The van der Waals surface area contributed by atoms with Crippen LogP contribution in [0, 0.1) is 12.8 Å². The number of carboxylic acid groups (broad SMARTS) is 1. The predicted octanol–water partition coefficient (Wildman–Crippen LogP) is 1.98. The Bertz CT molecular complexity index is 723. The standard InChI is InChI=1S/C16H17N3O4/c1-10-17-14(23-18-10)11-4-6-12(7-5-11)15(20)19-8-2-3-13(9-19)16(21)22/h4-7,13H,2-3,8-9H2,1H3,(H,21,22). The van der Waals surface area contributed by atoms with Gasteiger partial charge < -0.3 is 14.5 Å². The molecule has 1 atom stereocenters. The highest BCUT2D eigenvalue weighted by atomic mass is 16.5. The Morgan fingerprint density at radius 3 is 2.65 bits per heavy atom. The molecule has 1 fully saturated rings. The van der Waals surface area contributed by atoms with Gasteiger partial charge in [0.25, 0.3) is 11.8 Å². The Morgan fingerprint density at radius 2 is 2.04 bits per heavy atom. The molecule has 1 saturated heterocycles. The third-order valence-electron chi connectivity index (χ3n) is 3.96. The summed E-state index contributed by atoms with van der Waals surface area (Å²) in [5, 5.41) is 12.8. The Morgan fingerprint density at radius 1 is 1.30 bits per heavy atom. The van der Waals surface area contributed by atoms with Crippen LogP contribution < -0.4 is 0 Å². The Kier molecular flexibility index (Phi) is 4.10. The van der Waals surface area contributed by atoms with Crippen molar-refractivity contribution in [2.24, 2.45) is 5.92 Å². The number of benzene rings is 1. The summed E-state index contributed by atoms with van der Waals surface area (Å²) in [6.45, 7) is 2.59. The van der Waals surface area contributed by atoms with E-state index in [1.54, 1.807) is 36.1 Å². The van der Waals surface area contributed by atoms with E-state index >= 15 is 0 Å². The average Bonchev–Trinajstić information content (AvgIpc) is 3.01. The number of carbonyl (C=O) groups excluding carboxylic acids is 1. The lowest BCUT2D eigenvalue weighted by atomic mass is 9.97. The molecule has 7 nitrogen and oxygen atoms in total. The fourth-order valence-electron chi connectivity index (χ4n) is 2.72. The van der Waals surface area contributed by atoms with Gasteiger partial charge in [-0.25, -0.2) is 0 Å². The van der Waals surface area contributed by atoms with Crippen molar-refractivity contribution < 1.29 is 19.2 Å². The molecule has 1 aliphatic heterocycles. The molecular formula is C16H17N3O4. The summed E-state index contributed by atoms with van der Waals surface area (Å²) in [7, 11) is 0. The van der Waals surface area contributed by atoms with E-state index in [1.165, 1.54) is 0 Å². The maximum absolute atomic E-state index is 12.5. The number of aryl methyl sites for hydroxylation is 1. The third kappa shape index (κ3) is 3.23. The van der Waals surface area contributed by atoms with E-state index in [1.807, 2.05) is 0 Å². The molecule has 2 heterocycles. The molecule has 0 radical (unpaired) electrons. The molecule has 1 aromatic heterocycles. The minimum atomic E-state index is -0.843. The summed E-state index contributed by atoms with van der Waals surface area (Å²) in [5.41, 5.74) is 1.26. The minimum absolute atomic E-state index is 0.149. The molecule has 0 bridgehead atoms. The second-order valence-electron chi connectivity index (χ2n) is 5.65. The summed E-state index contributed by atoms with van der Waals surface area (Å²) < 4.78 is 5.09. The summed E-state index contributed by atoms with van der Waals surface area (Å²) >= 11 is 0. The fraction of sp³-hybridized carbons (Fsp3) is 0.375. The van der Waals surface area contributed by atoms with Gasteiger partial charge in [0.2, 0.25) is 0 Å². The van der Waals surface area contributed by atoms with Crippen molar-refractivity contribution in [2.45, 2.75) is 19.8 Å². The highest BCUT2D eigenvalue weighted by Gasteiger charge is 2.28. The number of aromatic nitrogens is 2. The van der Waals surface area contributed by atoms with E-state index < -0.39 is 11.9 Å². The van der Waals surface area contributed by atoms with Crippen LogP contribution in [0.25, 0.3) is 11.5 Å². The molecule has 0 aliphatic carbocycles. The third-order valence-corrected chi connectivity index (χ3v) is 3.96. The molecule has 1 N–H and O–H groups in total. The van der Waals surface area contributed by atoms with Crippen LogP contribution in [0.4, 0.5) is 0 Å². The number of hydrogen-bond acceptors (Lipinski definition) is 5. The highest BCUT2D eigenvalue weighted by molar-refractivity contribution is 5.95. The quantitative estimate of drug-likeness (QED) is 0.930. The van der Waals surface area contributed by atoms with Gasteiger partial charge in [0, 0.05) is 24.2 Å². The molecule has 0 saturated carbocycles. The first-order valence-corrected chi connectivity index (χ1v) is 7.47. The Hall–Kier alpha value is -2.70. The lowest BCUT2D eigenvalue weighted by Gasteiger charge is -2.30. The van der Waals surface area contributed by atoms with Gasteiger partial charge in [0.05, 0.1) is 5.92 Å². The molecule has 7 heteroatoms. The van der Waals surface area contributed by atoms with E-state index in [0.717, 1.165) is 5.56 Å². The molecule has 1 unspecified atom stereocenters. The molecule has 0 spiro atoms. The number of hydrogen-bond donors (Lipinski definition) is 1. The molecule has 3 rings (SSSR count). The highest BCUT2D eigenvalue weighted by Crippen LogP contribution is 2.21. The zero-order valence-corrected chi connectivity index (χ0v) is 12.7. The molecule has 1 aliphatic rings. The minimum Gasteiger partial charge on any atom is -0.481 e. The first-order chi connectivity index (χ1) is 11.0. The Labute approximate surface area is 132 Å². The smallest absolute Gasteiger partial charge is 0.308 e. The van der Waals surface area contributed by atoms with Gasteiger partial charge in [0.15, 0.2) is 5.82 Å². The lowest BCUT2D eigenvalue weighted by molar-refractivity contribution is -0.143. The second-order valence-corrected chi connectivity index (χ2v) is 5.65. The SMILES string of the molecule is Cc1noc(-c2ccc(C(=O)N3CCCC(C(=O)O)C3)cc2)n1. The van der Waals surface area contributed by atoms with Crippen LogP contribution in [0.1, 0.15) is 29.0 Å². The molecule has 2 aromatic rings. The zero-order chi connectivity index (χ0) is 16.4. The number of amides is 1. The van der Waals surface area contributed by atoms with Crippen molar-refractivity contribution >= 4 is 11.9 Å². The van der Waals surface area contributed by atoms with Gasteiger partial charge in [-0.3, -0.25) is 9.59 Å². The van der Waals surface area contributed by atoms with Crippen molar-refractivity contribution in [2.75, 3.05) is 13.1 Å². The number of carboxylic acids is 1. The van der Waals surface area contributed by atoms with E-state index in [0.29, 0.717) is 36.7 Å². The average molecular weight is 315 g/mol. The maximum Gasteiger partial charge on any atom is 0.308 e. The summed E-state index contributed by atoms with van der Waals surface area (Å²) in [4.78, 5) is 29.3. The van der Waals surface area contributed by atoms with Gasteiger partial charge in [-0.2, -0.15) is 4.98 Å². The largest absolute Gasteiger partial charge is 0.481 e. The van der Waals surface area contributed by atoms with Gasteiger partial charge in [-0.1, -0.05) is 5.16 Å². The van der Waals surface area contributed by atoms with E-state index in [4.69, 9.17) is 9.63 Å². The molecule has 23 heavy (non-hydrogen) atoms. The predicted molar refractivity (Wildman–Crippen MR) is 80.7 cm³/mol. The number of rotatable bonds is 3. The van der Waals surface area contributed by atoms with Crippen LogP contribution in [-0.2, 0) is 4.79 Å². The van der Waals surface area contributed by atoms with Crippen molar-refractivity contribution in [3.8, 4) is 11.5 Å². The van der Waals surface area contributed by atoms with Gasteiger partial charge in [-0.05, 0) is 44.0 Å². The van der Waals surface area contributed by atoms with Crippen LogP contribution in [-0.4, -0.2) is 45.1 Å². The Balaban J connectivity index is 1.74. The van der Waals surface area contributed by atoms with Gasteiger partial charge in [-0.15, -0.1) is 0 Å². The summed E-state index contributed by atoms with van der Waals surface area (Å²) in [6.07, 6.45) is 1.33. The van der Waals surface area contributed by atoms with E-state index in [9.17, 15) is 9.59 Å². The van der Waals surface area contributed by atoms with Crippen molar-refractivity contribution in [1.29, 1.82) is 0 Å². The molecular weight excluding hydrogens is 298 g/mol. The lowest BCUT2D eigenvalue weighted by Crippen LogP contribution is -2.42. The van der Waals surface area contributed by atoms with E-state index in [-0.39, 0.29) is 12.5 Å². The molecule has 1 aromatic carbocycles. The maximum atomic E-state index is 12.5. The normalized spacial score (nSPS) is 18.0. The van der Waals surface area contributed by atoms with Gasteiger partial charge >= 0.3 is 5.97 Å². The van der Waals surface area contributed by atoms with Crippen LogP contribution in [0.5, 0.6) is 0 Å². The first kappa shape index (κ1) is 15.2. The zero-order valence-electron chi connectivity index (χ0n) is 12.7. The van der Waals surface area contributed by atoms with Crippen LogP contribution >= 0.6 is 0 Å². The monoisotopic (exact) mass is 315 g/mol. The van der Waals surface area contributed by atoms with Crippen molar-refractivity contribution in [1.82, 2.24) is 15.0 Å². The number of likely N-dealkylation sites (tertiary alicyclic amines) is 1. The van der Waals surface area contributed by atoms with Crippen molar-refractivity contribution in [3.05, 3.63) is 35.7 Å². The van der Waals surface area contributed by atoms with Crippen molar-refractivity contribution in [3.63, 3.8) is 0 Å². The van der Waals surface area contributed by atoms with E-state index in [2.05, 4.69) is 10.1 Å². The van der Waals surface area contributed by atoms with Crippen LogP contribution in [0.3, 0.4) is 0 Å². The molecule has 120 valence electrons.